The second-order valence-electron chi connectivity index (χ2n) is 7.30. The summed E-state index contributed by atoms with van der Waals surface area (Å²) in [5, 5.41) is 9.10. The summed E-state index contributed by atoms with van der Waals surface area (Å²) in [4.78, 5) is 28.8. The summed E-state index contributed by atoms with van der Waals surface area (Å²) < 4.78 is 0. The smallest absolute Gasteiger partial charge is 0.335 e. The van der Waals surface area contributed by atoms with Crippen LogP contribution in [0.25, 0.3) is 0 Å². The van der Waals surface area contributed by atoms with Crippen molar-refractivity contribution in [3.63, 3.8) is 0 Å². The van der Waals surface area contributed by atoms with E-state index in [1.807, 2.05) is 17.0 Å². The van der Waals surface area contributed by atoms with E-state index in [2.05, 4.69) is 11.9 Å². The van der Waals surface area contributed by atoms with Gasteiger partial charge in [-0.05, 0) is 67.0 Å². The molecule has 2 aliphatic rings. The fourth-order valence-electron chi connectivity index (χ4n) is 3.87. The van der Waals surface area contributed by atoms with Gasteiger partial charge in [0.15, 0.2) is 0 Å². The molecule has 0 saturated heterocycles. The Morgan fingerprint density at radius 2 is 1.96 bits per heavy atom. The molecule has 0 spiro atoms. The fraction of sp³-hybridized carbons (Fsp3) is 0.381. The zero-order chi connectivity index (χ0) is 19.6. The normalized spacial score (nSPS) is 20.9. The van der Waals surface area contributed by atoms with Gasteiger partial charge in [-0.3, -0.25) is 4.79 Å². The molecule has 3 N–H and O–H groups in total. The molecule has 2 aromatic rings. The second kappa shape index (κ2) is 7.78. The molecule has 142 valence electrons. The Kier molecular flexibility index (Phi) is 5.44. The summed E-state index contributed by atoms with van der Waals surface area (Å²) in [7, 11) is 0. The molecule has 1 aliphatic carbocycles. The van der Waals surface area contributed by atoms with Crippen LogP contribution in [0.2, 0.25) is 0 Å². The Hall–Kier alpha value is -2.89. The Bertz CT molecular complexity index is 834. The molecule has 4 rings (SSSR count). The van der Waals surface area contributed by atoms with Gasteiger partial charge in [-0.1, -0.05) is 13.0 Å². The van der Waals surface area contributed by atoms with Crippen molar-refractivity contribution in [2.75, 3.05) is 10.6 Å². The molecule has 1 aromatic carbocycles. The number of nitrogens with zero attached hydrogens (tertiary/aromatic N) is 2. The monoisotopic (exact) mass is 367 g/mol. The topological polar surface area (TPSA) is 96.5 Å². The molecule has 27 heavy (non-hydrogen) atoms. The molecule has 1 unspecified atom stereocenters. The van der Waals surface area contributed by atoms with Crippen molar-refractivity contribution in [2.45, 2.75) is 39.2 Å². The zero-order valence-electron chi connectivity index (χ0n) is 15.6. The highest BCUT2D eigenvalue weighted by Crippen LogP contribution is 2.45. The Morgan fingerprint density at radius 3 is 2.44 bits per heavy atom. The maximum absolute atomic E-state index is 12.1. The molecule has 0 bridgehead atoms. The number of hydrogen-bond acceptors (Lipinski definition) is 4. The predicted molar refractivity (Wildman–Crippen MR) is 105 cm³/mol. The van der Waals surface area contributed by atoms with Crippen LogP contribution in [0, 0.1) is 11.8 Å². The van der Waals surface area contributed by atoms with E-state index in [0.717, 1.165) is 17.7 Å². The quantitative estimate of drug-likeness (QED) is 0.848. The molecule has 1 aliphatic heterocycles. The summed E-state index contributed by atoms with van der Waals surface area (Å²) in [6.07, 6.45) is 4.90. The average Bonchev–Trinajstić information content (AvgIpc) is 3.45. The lowest BCUT2D eigenvalue weighted by Gasteiger charge is -2.41. The number of rotatable bonds is 2. The van der Waals surface area contributed by atoms with Crippen LogP contribution < -0.4 is 10.6 Å². The number of carboxylic acids is 1. The highest BCUT2D eigenvalue weighted by molar-refractivity contribution is 5.95. The molecule has 2 atom stereocenters. The molecule has 6 heteroatoms. The van der Waals surface area contributed by atoms with Crippen LogP contribution in [-0.2, 0) is 11.2 Å². The van der Waals surface area contributed by atoms with Crippen LogP contribution in [0.15, 0.2) is 42.6 Å². The van der Waals surface area contributed by atoms with E-state index in [9.17, 15) is 9.59 Å². The van der Waals surface area contributed by atoms with E-state index >= 15 is 0 Å². The molecule has 0 radical (unpaired) electrons. The summed E-state index contributed by atoms with van der Waals surface area (Å²) in [5.74, 6) is 0.698. The molecule has 1 aromatic heterocycles. The molecule has 1 saturated carbocycles. The number of carbonyl (C=O) groups is 2. The molecule has 1 fully saturated rings. The van der Waals surface area contributed by atoms with Gasteiger partial charge in [0.2, 0.25) is 5.91 Å². The van der Waals surface area contributed by atoms with E-state index in [-0.39, 0.29) is 11.9 Å². The number of nitrogen functional groups attached to an aromatic ring is 1. The SMILES string of the molecule is CC(=O)N1c2ccc(C(=O)O)cc2CC(C)[C@@H]1C1CC1.Nc1ccccn1. The lowest BCUT2D eigenvalue weighted by molar-refractivity contribution is -0.117. The molecular weight excluding hydrogens is 342 g/mol. The first-order chi connectivity index (χ1) is 12.9. The number of anilines is 2. The minimum atomic E-state index is -0.917. The van der Waals surface area contributed by atoms with Gasteiger partial charge in [-0.25, -0.2) is 9.78 Å². The number of aromatic carboxylic acids is 1. The summed E-state index contributed by atoms with van der Waals surface area (Å²) in [6.45, 7) is 3.76. The first-order valence-corrected chi connectivity index (χ1v) is 9.21. The summed E-state index contributed by atoms with van der Waals surface area (Å²) in [6, 6.07) is 10.8. The molecule has 2 heterocycles. The van der Waals surface area contributed by atoms with Crippen LogP contribution in [0.4, 0.5) is 11.5 Å². The number of benzene rings is 1. The largest absolute Gasteiger partial charge is 0.478 e. The van der Waals surface area contributed by atoms with Crippen LogP contribution in [0.3, 0.4) is 0 Å². The van der Waals surface area contributed by atoms with Crippen LogP contribution in [-0.4, -0.2) is 28.0 Å². The highest BCUT2D eigenvalue weighted by atomic mass is 16.4. The summed E-state index contributed by atoms with van der Waals surface area (Å²) >= 11 is 0. The Morgan fingerprint density at radius 1 is 1.22 bits per heavy atom. The van der Waals surface area contributed by atoms with E-state index in [1.165, 1.54) is 12.8 Å². The van der Waals surface area contributed by atoms with Crippen molar-refractivity contribution in [3.05, 3.63) is 53.7 Å². The maximum atomic E-state index is 12.1. The minimum absolute atomic E-state index is 0.0535. The van der Waals surface area contributed by atoms with E-state index in [1.54, 1.807) is 37.4 Å². The van der Waals surface area contributed by atoms with Crippen molar-refractivity contribution in [1.82, 2.24) is 4.98 Å². The Balaban J connectivity index is 0.000000253. The third kappa shape index (κ3) is 4.27. The van der Waals surface area contributed by atoms with Gasteiger partial charge in [-0.15, -0.1) is 0 Å². The lowest BCUT2D eigenvalue weighted by Crippen LogP contribution is -2.48. The fourth-order valence-corrected chi connectivity index (χ4v) is 3.87. The third-order valence-corrected chi connectivity index (χ3v) is 5.14. The first-order valence-electron chi connectivity index (χ1n) is 9.21. The number of nitrogens with two attached hydrogens (primary N) is 1. The van der Waals surface area contributed by atoms with Gasteiger partial charge in [0.05, 0.1) is 5.56 Å². The molecule has 1 amide bonds. The number of aromatic nitrogens is 1. The summed E-state index contributed by atoms with van der Waals surface area (Å²) in [5.41, 5.74) is 7.42. The second-order valence-corrected chi connectivity index (χ2v) is 7.30. The van der Waals surface area contributed by atoms with Gasteiger partial charge in [-0.2, -0.15) is 0 Å². The average molecular weight is 367 g/mol. The van der Waals surface area contributed by atoms with Gasteiger partial charge in [0.25, 0.3) is 0 Å². The number of hydrogen-bond donors (Lipinski definition) is 2. The Labute approximate surface area is 159 Å². The van der Waals surface area contributed by atoms with E-state index in [4.69, 9.17) is 10.8 Å². The van der Waals surface area contributed by atoms with Crippen molar-refractivity contribution >= 4 is 23.4 Å². The number of fused-ring (bicyclic) bond motifs is 1. The number of carboxylic acid groups (broad SMARTS) is 1. The van der Waals surface area contributed by atoms with Gasteiger partial charge in [0, 0.05) is 24.8 Å². The van der Waals surface area contributed by atoms with Gasteiger partial charge in [0.1, 0.15) is 5.82 Å². The van der Waals surface area contributed by atoms with E-state index < -0.39 is 5.97 Å². The highest BCUT2D eigenvalue weighted by Gasteiger charge is 2.43. The standard InChI is InChI=1S/C16H19NO3.C5H6N2/c1-9-7-13-8-12(16(19)20)5-6-14(13)17(10(2)18)15(9)11-3-4-11;6-5-3-1-2-4-7-5/h5-6,8-9,11,15H,3-4,7H2,1-2H3,(H,19,20);1-4H,(H2,6,7)/t9?,15-;/m1./s1. The van der Waals surface area contributed by atoms with Crippen molar-refractivity contribution in [1.29, 1.82) is 0 Å². The number of carbonyl (C=O) groups excluding carboxylic acids is 1. The third-order valence-electron chi connectivity index (χ3n) is 5.14. The van der Waals surface area contributed by atoms with Crippen LogP contribution in [0.5, 0.6) is 0 Å². The van der Waals surface area contributed by atoms with Crippen LogP contribution in [0.1, 0.15) is 42.6 Å². The lowest BCUT2D eigenvalue weighted by atomic mass is 9.83. The maximum Gasteiger partial charge on any atom is 0.335 e. The van der Waals surface area contributed by atoms with E-state index in [0.29, 0.717) is 23.2 Å². The first kappa shape index (κ1) is 18.9. The molecular formula is C21H25N3O3. The minimum Gasteiger partial charge on any atom is -0.478 e. The number of pyridine rings is 1. The van der Waals surface area contributed by atoms with Crippen molar-refractivity contribution in [2.24, 2.45) is 11.8 Å². The van der Waals surface area contributed by atoms with Crippen LogP contribution >= 0.6 is 0 Å². The number of amides is 1. The van der Waals surface area contributed by atoms with Crippen molar-refractivity contribution in [3.8, 4) is 0 Å². The molecule has 6 nitrogen and oxygen atoms in total. The predicted octanol–water partition coefficient (Wildman–Crippen LogP) is 3.37. The zero-order valence-corrected chi connectivity index (χ0v) is 15.6. The van der Waals surface area contributed by atoms with Gasteiger partial charge < -0.3 is 15.7 Å². The van der Waals surface area contributed by atoms with Crippen molar-refractivity contribution < 1.29 is 14.7 Å². The van der Waals surface area contributed by atoms with Gasteiger partial charge >= 0.3 is 5.97 Å².